The Kier molecular flexibility index (Phi) is 6.40. The number of aryl methyl sites for hydroxylation is 1. The van der Waals surface area contributed by atoms with Crippen LogP contribution in [0.2, 0.25) is 0 Å². The Morgan fingerprint density at radius 1 is 1.22 bits per heavy atom. The maximum absolute atomic E-state index is 4.58. The quantitative estimate of drug-likeness (QED) is 0.467. The number of aromatic nitrogens is 1. The second kappa shape index (κ2) is 8.59. The highest BCUT2D eigenvalue weighted by atomic mass is 14.6. The fourth-order valence-electron chi connectivity index (χ4n) is 4.86. The molecule has 1 nitrogen and oxygen atoms in total. The van der Waals surface area contributed by atoms with Crippen molar-refractivity contribution in [1.29, 1.82) is 0 Å². The number of nitrogens with zero attached hydrogens (tertiary/aromatic N) is 1. The molecule has 1 heteroatoms. The van der Waals surface area contributed by atoms with Gasteiger partial charge >= 0.3 is 0 Å². The first-order valence-electron chi connectivity index (χ1n) is 10.9. The Morgan fingerprint density at radius 2 is 2.04 bits per heavy atom. The summed E-state index contributed by atoms with van der Waals surface area (Å²) in [5.74, 6) is 2.43. The molecule has 3 unspecified atom stereocenters. The lowest BCUT2D eigenvalue weighted by Gasteiger charge is -2.34. The van der Waals surface area contributed by atoms with Crippen molar-refractivity contribution in [1.82, 2.24) is 4.98 Å². The first kappa shape index (κ1) is 20.1. The van der Waals surface area contributed by atoms with Crippen LogP contribution in [-0.2, 0) is 12.8 Å². The summed E-state index contributed by atoms with van der Waals surface area (Å²) < 4.78 is 0. The number of allylic oxidation sites excluding steroid dienone is 1. The summed E-state index contributed by atoms with van der Waals surface area (Å²) in [5.41, 5.74) is 4.32. The van der Waals surface area contributed by atoms with Crippen molar-refractivity contribution in [3.05, 3.63) is 54.2 Å². The van der Waals surface area contributed by atoms with E-state index in [0.29, 0.717) is 5.41 Å². The van der Waals surface area contributed by atoms with Crippen LogP contribution in [0.1, 0.15) is 70.9 Å². The van der Waals surface area contributed by atoms with E-state index in [-0.39, 0.29) is 0 Å². The van der Waals surface area contributed by atoms with Crippen LogP contribution < -0.4 is 0 Å². The Balaban J connectivity index is 1.67. The maximum atomic E-state index is 4.58. The number of hydrogen-bond acceptors (Lipinski definition) is 1. The summed E-state index contributed by atoms with van der Waals surface area (Å²) in [6, 6.07) is 8.98. The largest absolute Gasteiger partial charge is 0.256 e. The zero-order valence-electron chi connectivity index (χ0n) is 17.8. The average molecular weight is 364 g/mol. The monoisotopic (exact) mass is 363 g/mol. The zero-order valence-corrected chi connectivity index (χ0v) is 17.8. The van der Waals surface area contributed by atoms with Crippen molar-refractivity contribution in [2.75, 3.05) is 0 Å². The number of hydrogen-bond donors (Lipinski definition) is 0. The highest BCUT2D eigenvalue weighted by Crippen LogP contribution is 2.39. The topological polar surface area (TPSA) is 12.9 Å². The van der Waals surface area contributed by atoms with Crippen molar-refractivity contribution >= 4 is 10.9 Å². The second-order valence-corrected chi connectivity index (χ2v) is 9.61. The van der Waals surface area contributed by atoms with Gasteiger partial charge in [-0.1, -0.05) is 46.3 Å². The third kappa shape index (κ3) is 5.00. The average Bonchev–Trinajstić information content (AvgIpc) is 2.67. The van der Waals surface area contributed by atoms with Gasteiger partial charge in [0.1, 0.15) is 0 Å². The molecule has 1 aromatic carbocycles. The van der Waals surface area contributed by atoms with E-state index in [2.05, 4.69) is 69.6 Å². The van der Waals surface area contributed by atoms with Gasteiger partial charge in [-0.2, -0.15) is 0 Å². The summed E-state index contributed by atoms with van der Waals surface area (Å²) in [5, 5.41) is 1.35. The number of rotatable bonds is 7. The standard InChI is InChI=1S/C26H37N/c1-6-20-10-11-25-24(17-20)23(13-15-27-25)18-26(4,5)14-12-21-9-8-19(3)22(7-2)16-21/h7,10-11,13,15,17,19,21-22H,2,6,8-9,12,14,16,18H2,1,3-5H3. The summed E-state index contributed by atoms with van der Waals surface area (Å²) in [6.45, 7) is 13.6. The number of benzene rings is 1. The van der Waals surface area contributed by atoms with Crippen LogP contribution in [0.15, 0.2) is 43.1 Å². The van der Waals surface area contributed by atoms with Crippen LogP contribution in [0.4, 0.5) is 0 Å². The molecular weight excluding hydrogens is 326 g/mol. The molecule has 3 rings (SSSR count). The maximum Gasteiger partial charge on any atom is 0.0704 e. The Hall–Kier alpha value is -1.63. The molecule has 27 heavy (non-hydrogen) atoms. The Bertz CT molecular complexity index is 773. The van der Waals surface area contributed by atoms with E-state index in [9.17, 15) is 0 Å². The molecule has 0 spiro atoms. The van der Waals surface area contributed by atoms with E-state index in [1.807, 2.05) is 6.20 Å². The first-order valence-corrected chi connectivity index (χ1v) is 10.9. The SMILES string of the molecule is C=CC1CC(CCC(C)(C)Cc2ccnc3ccc(CC)cc23)CCC1C. The van der Waals surface area contributed by atoms with Gasteiger partial charge in [-0.3, -0.25) is 4.98 Å². The molecule has 3 atom stereocenters. The summed E-state index contributed by atoms with van der Waals surface area (Å²) >= 11 is 0. The molecular formula is C26H37N. The van der Waals surface area contributed by atoms with Gasteiger partial charge in [-0.15, -0.1) is 6.58 Å². The van der Waals surface area contributed by atoms with Crippen molar-refractivity contribution in [2.45, 2.75) is 72.6 Å². The molecule has 1 aliphatic carbocycles. The van der Waals surface area contributed by atoms with Crippen molar-refractivity contribution in [2.24, 2.45) is 23.2 Å². The minimum absolute atomic E-state index is 0.323. The van der Waals surface area contributed by atoms with Gasteiger partial charge in [-0.25, -0.2) is 0 Å². The molecule has 1 heterocycles. The smallest absolute Gasteiger partial charge is 0.0704 e. The fraction of sp³-hybridized carbons (Fsp3) is 0.577. The molecule has 0 saturated heterocycles. The van der Waals surface area contributed by atoms with Gasteiger partial charge in [0, 0.05) is 11.6 Å². The van der Waals surface area contributed by atoms with Crippen molar-refractivity contribution in [3.63, 3.8) is 0 Å². The normalized spacial score (nSPS) is 23.5. The zero-order chi connectivity index (χ0) is 19.4. The van der Waals surface area contributed by atoms with Gasteiger partial charge in [0.2, 0.25) is 0 Å². The van der Waals surface area contributed by atoms with E-state index in [1.54, 1.807) is 0 Å². The van der Waals surface area contributed by atoms with E-state index >= 15 is 0 Å². The lowest BCUT2D eigenvalue weighted by Crippen LogP contribution is -2.23. The van der Waals surface area contributed by atoms with E-state index in [4.69, 9.17) is 0 Å². The highest BCUT2D eigenvalue weighted by molar-refractivity contribution is 5.82. The molecule has 0 bridgehead atoms. The molecule has 0 radical (unpaired) electrons. The predicted molar refractivity (Wildman–Crippen MR) is 118 cm³/mol. The van der Waals surface area contributed by atoms with Crippen LogP contribution in [0.3, 0.4) is 0 Å². The van der Waals surface area contributed by atoms with Gasteiger partial charge in [0.25, 0.3) is 0 Å². The Morgan fingerprint density at radius 3 is 2.78 bits per heavy atom. The third-order valence-electron chi connectivity index (χ3n) is 6.87. The molecule has 1 saturated carbocycles. The minimum atomic E-state index is 0.323. The van der Waals surface area contributed by atoms with Crippen LogP contribution >= 0.6 is 0 Å². The Labute approximate surface area is 166 Å². The molecule has 1 fully saturated rings. The van der Waals surface area contributed by atoms with Gasteiger partial charge in [0.15, 0.2) is 0 Å². The molecule has 0 N–H and O–H groups in total. The van der Waals surface area contributed by atoms with E-state index in [0.717, 1.165) is 36.1 Å². The van der Waals surface area contributed by atoms with Crippen LogP contribution in [0, 0.1) is 23.2 Å². The lowest BCUT2D eigenvalue weighted by atomic mass is 9.71. The summed E-state index contributed by atoms with van der Waals surface area (Å²) in [7, 11) is 0. The molecule has 1 aromatic heterocycles. The molecule has 146 valence electrons. The van der Waals surface area contributed by atoms with E-state index in [1.165, 1.54) is 48.6 Å². The van der Waals surface area contributed by atoms with E-state index < -0.39 is 0 Å². The van der Waals surface area contributed by atoms with Gasteiger partial charge in [-0.05, 0) is 91.0 Å². The predicted octanol–water partition coefficient (Wildman–Crippen LogP) is 7.38. The van der Waals surface area contributed by atoms with Crippen molar-refractivity contribution in [3.8, 4) is 0 Å². The van der Waals surface area contributed by atoms with Crippen LogP contribution in [-0.4, -0.2) is 4.98 Å². The minimum Gasteiger partial charge on any atom is -0.256 e. The molecule has 1 aliphatic rings. The first-order chi connectivity index (χ1) is 12.9. The lowest BCUT2D eigenvalue weighted by molar-refractivity contribution is 0.195. The van der Waals surface area contributed by atoms with Crippen LogP contribution in [0.5, 0.6) is 0 Å². The third-order valence-corrected chi connectivity index (χ3v) is 6.87. The number of pyridine rings is 1. The van der Waals surface area contributed by atoms with Gasteiger partial charge in [0.05, 0.1) is 5.52 Å². The highest BCUT2D eigenvalue weighted by Gasteiger charge is 2.28. The van der Waals surface area contributed by atoms with Crippen molar-refractivity contribution < 1.29 is 0 Å². The van der Waals surface area contributed by atoms with Gasteiger partial charge < -0.3 is 0 Å². The second-order valence-electron chi connectivity index (χ2n) is 9.61. The van der Waals surface area contributed by atoms with Crippen LogP contribution in [0.25, 0.3) is 10.9 Å². The summed E-state index contributed by atoms with van der Waals surface area (Å²) in [4.78, 5) is 4.58. The summed E-state index contributed by atoms with van der Waals surface area (Å²) in [6.07, 6.45) is 13.2. The molecule has 2 aromatic rings. The molecule has 0 amide bonds. The number of fused-ring (bicyclic) bond motifs is 1. The molecule has 0 aliphatic heterocycles. The fourth-order valence-corrected chi connectivity index (χ4v) is 4.86.